The number of ether oxygens (including phenoxy) is 1. The molecule has 1 amide bonds. The van der Waals surface area contributed by atoms with Gasteiger partial charge in [-0.05, 0) is 57.2 Å². The first-order chi connectivity index (χ1) is 20.9. The van der Waals surface area contributed by atoms with Crippen LogP contribution in [-0.2, 0) is 17.8 Å². The van der Waals surface area contributed by atoms with E-state index in [1.54, 1.807) is 4.90 Å². The molecule has 0 aliphatic rings. The quantitative estimate of drug-likeness (QED) is 0.138. The Morgan fingerprint density at radius 1 is 0.773 bits per heavy atom. The van der Waals surface area contributed by atoms with Crippen LogP contribution in [0.3, 0.4) is 0 Å². The van der Waals surface area contributed by atoms with Crippen molar-refractivity contribution in [2.45, 2.75) is 104 Å². The average molecular weight is 615 g/mol. The van der Waals surface area contributed by atoms with Gasteiger partial charge in [-0.3, -0.25) is 4.90 Å². The fraction of sp³-hybridized carbons (Fsp3) is 0.447. The van der Waals surface area contributed by atoms with Gasteiger partial charge in [0.2, 0.25) is 0 Å². The standard InChI is InChI=1S/C38H54N2O3Si/c1-29(2)26-35(39(27-32-18-12-9-13-19-32)28-33-20-14-10-15-21-33)37(41)36(44(7,8)34-22-16-11-17-23-34)24-25-43-38(42)40(30(3)4)31(5)6/h9-25,29-31,35-37,41H,26-28H2,1-8H3/b25-24-/t35-,36-,37+/m0/s1. The fourth-order valence-electron chi connectivity index (χ4n) is 6.26. The first-order valence-corrected chi connectivity index (χ1v) is 19.2. The maximum Gasteiger partial charge on any atom is 0.415 e. The van der Waals surface area contributed by atoms with E-state index in [1.807, 2.05) is 52.0 Å². The molecule has 0 saturated heterocycles. The topological polar surface area (TPSA) is 53.0 Å². The van der Waals surface area contributed by atoms with E-state index < -0.39 is 14.2 Å². The summed E-state index contributed by atoms with van der Waals surface area (Å²) in [6, 6.07) is 31.5. The molecule has 0 saturated carbocycles. The lowest BCUT2D eigenvalue weighted by atomic mass is 9.94. The van der Waals surface area contributed by atoms with Crippen molar-refractivity contribution in [1.82, 2.24) is 9.80 Å². The lowest BCUT2D eigenvalue weighted by Crippen LogP contribution is -2.55. The number of amides is 1. The summed E-state index contributed by atoms with van der Waals surface area (Å²) in [7, 11) is -2.33. The van der Waals surface area contributed by atoms with Crippen LogP contribution in [-0.4, -0.2) is 53.3 Å². The summed E-state index contributed by atoms with van der Waals surface area (Å²) in [4.78, 5) is 17.3. The minimum atomic E-state index is -2.33. The number of aliphatic hydroxyl groups is 1. The number of hydrogen-bond acceptors (Lipinski definition) is 4. The molecule has 0 bridgehead atoms. The van der Waals surface area contributed by atoms with Crippen LogP contribution in [0, 0.1) is 5.92 Å². The molecule has 0 aliphatic heterocycles. The highest BCUT2D eigenvalue weighted by molar-refractivity contribution is 6.91. The van der Waals surface area contributed by atoms with Crippen LogP contribution in [0.5, 0.6) is 0 Å². The van der Waals surface area contributed by atoms with E-state index >= 15 is 0 Å². The zero-order chi connectivity index (χ0) is 32.3. The number of carbonyl (C=O) groups excluding carboxylic acids is 1. The first kappa shape index (κ1) is 35.3. The summed E-state index contributed by atoms with van der Waals surface area (Å²) in [5.41, 5.74) is 2.22. The van der Waals surface area contributed by atoms with Gasteiger partial charge in [0.05, 0.1) is 20.4 Å². The van der Waals surface area contributed by atoms with E-state index in [0.717, 1.165) is 19.5 Å². The summed E-state index contributed by atoms with van der Waals surface area (Å²) in [5, 5.41) is 13.8. The minimum Gasteiger partial charge on any atom is -0.418 e. The Morgan fingerprint density at radius 3 is 1.66 bits per heavy atom. The van der Waals surface area contributed by atoms with E-state index in [2.05, 4.69) is 105 Å². The molecule has 3 aromatic rings. The van der Waals surface area contributed by atoms with E-state index in [1.165, 1.54) is 22.6 Å². The Kier molecular flexibility index (Phi) is 13.4. The van der Waals surface area contributed by atoms with Gasteiger partial charge in [0.1, 0.15) is 0 Å². The summed E-state index contributed by atoms with van der Waals surface area (Å²) in [5.74, 6) is 0.373. The van der Waals surface area contributed by atoms with Crippen LogP contribution in [0.4, 0.5) is 4.79 Å². The first-order valence-electron chi connectivity index (χ1n) is 16.1. The molecule has 0 unspecified atom stereocenters. The predicted molar refractivity (Wildman–Crippen MR) is 186 cm³/mol. The van der Waals surface area contributed by atoms with Gasteiger partial charge in [-0.1, -0.05) is 123 Å². The highest BCUT2D eigenvalue weighted by Crippen LogP contribution is 2.34. The normalized spacial score (nSPS) is 14.4. The molecule has 44 heavy (non-hydrogen) atoms. The molecule has 0 spiro atoms. The maximum atomic E-state index is 13.1. The van der Waals surface area contributed by atoms with Crippen molar-refractivity contribution >= 4 is 19.4 Å². The van der Waals surface area contributed by atoms with Gasteiger partial charge in [0, 0.05) is 36.8 Å². The molecule has 0 heterocycles. The molecule has 3 atom stereocenters. The van der Waals surface area contributed by atoms with Crippen LogP contribution in [0.1, 0.15) is 59.1 Å². The van der Waals surface area contributed by atoms with Crippen molar-refractivity contribution in [2.75, 3.05) is 0 Å². The predicted octanol–water partition coefficient (Wildman–Crippen LogP) is 8.22. The van der Waals surface area contributed by atoms with Gasteiger partial charge in [-0.15, -0.1) is 0 Å². The fourth-order valence-corrected chi connectivity index (χ4v) is 9.33. The minimum absolute atomic E-state index is 0.0207. The summed E-state index contributed by atoms with van der Waals surface area (Å²) in [6.45, 7) is 18.5. The molecule has 6 heteroatoms. The number of carbonyl (C=O) groups is 1. The maximum absolute atomic E-state index is 13.1. The van der Waals surface area contributed by atoms with Gasteiger partial charge in [0.25, 0.3) is 0 Å². The summed E-state index contributed by atoms with van der Waals surface area (Å²) >= 11 is 0. The average Bonchev–Trinajstić information content (AvgIpc) is 2.98. The van der Waals surface area contributed by atoms with Crippen molar-refractivity contribution in [2.24, 2.45) is 5.92 Å². The number of aliphatic hydroxyl groups excluding tert-OH is 1. The van der Waals surface area contributed by atoms with Gasteiger partial charge in [-0.2, -0.15) is 0 Å². The molecular weight excluding hydrogens is 561 g/mol. The second-order valence-corrected chi connectivity index (χ2v) is 18.2. The molecule has 3 aromatic carbocycles. The molecule has 5 nitrogen and oxygen atoms in total. The highest BCUT2D eigenvalue weighted by Gasteiger charge is 2.42. The molecule has 1 N–H and O–H groups in total. The SMILES string of the molecule is CC(C)C[C@@H]([C@@H](O)[C@H](/C=C\OC(=O)N(C(C)C)C(C)C)[Si](C)(C)c1ccccc1)N(Cc1ccccc1)Cc1ccccc1. The Labute approximate surface area is 267 Å². The van der Waals surface area contributed by atoms with Gasteiger partial charge < -0.3 is 14.7 Å². The highest BCUT2D eigenvalue weighted by atomic mass is 28.3. The third-order valence-corrected chi connectivity index (χ3v) is 12.6. The van der Waals surface area contributed by atoms with Crippen LogP contribution >= 0.6 is 0 Å². The molecule has 0 fully saturated rings. The molecule has 0 aliphatic carbocycles. The van der Waals surface area contributed by atoms with Crippen molar-refractivity contribution in [3.8, 4) is 0 Å². The van der Waals surface area contributed by atoms with E-state index in [0.29, 0.717) is 5.92 Å². The van der Waals surface area contributed by atoms with Crippen LogP contribution in [0.15, 0.2) is 103 Å². The van der Waals surface area contributed by atoms with Crippen molar-refractivity contribution in [3.63, 3.8) is 0 Å². The lowest BCUT2D eigenvalue weighted by molar-refractivity contribution is 0.0284. The number of rotatable bonds is 15. The Bertz CT molecular complexity index is 1230. The van der Waals surface area contributed by atoms with E-state index in [9.17, 15) is 9.90 Å². The van der Waals surface area contributed by atoms with Gasteiger partial charge in [-0.25, -0.2) is 4.79 Å². The van der Waals surface area contributed by atoms with E-state index in [4.69, 9.17) is 4.74 Å². The second-order valence-electron chi connectivity index (χ2n) is 13.5. The number of benzene rings is 3. The van der Waals surface area contributed by atoms with Crippen LogP contribution in [0.25, 0.3) is 0 Å². The summed E-state index contributed by atoms with van der Waals surface area (Å²) < 4.78 is 5.76. The second kappa shape index (κ2) is 16.8. The molecular formula is C38H54N2O3Si. The third-order valence-electron chi connectivity index (χ3n) is 8.53. The largest absolute Gasteiger partial charge is 0.418 e. The number of hydrogen-bond donors (Lipinski definition) is 1. The van der Waals surface area contributed by atoms with Crippen LogP contribution in [0.2, 0.25) is 18.6 Å². The van der Waals surface area contributed by atoms with Gasteiger partial charge in [0.15, 0.2) is 0 Å². The third kappa shape index (κ3) is 9.91. The molecule has 0 radical (unpaired) electrons. The van der Waals surface area contributed by atoms with Crippen molar-refractivity contribution in [3.05, 3.63) is 114 Å². The number of nitrogens with zero attached hydrogens (tertiary/aromatic N) is 2. The van der Waals surface area contributed by atoms with Gasteiger partial charge >= 0.3 is 6.09 Å². The molecule has 0 aromatic heterocycles. The Hall–Kier alpha value is -3.19. The zero-order valence-electron chi connectivity index (χ0n) is 28.1. The summed E-state index contributed by atoms with van der Waals surface area (Å²) in [6.07, 6.45) is 3.28. The zero-order valence-corrected chi connectivity index (χ0v) is 29.1. The molecule has 238 valence electrons. The lowest BCUT2D eigenvalue weighted by Gasteiger charge is -2.43. The monoisotopic (exact) mass is 614 g/mol. The Balaban J connectivity index is 2.05. The Morgan fingerprint density at radius 2 is 1.23 bits per heavy atom. The smallest absolute Gasteiger partial charge is 0.415 e. The van der Waals surface area contributed by atoms with Crippen molar-refractivity contribution in [1.29, 1.82) is 0 Å². The molecule has 3 rings (SSSR count). The van der Waals surface area contributed by atoms with Crippen molar-refractivity contribution < 1.29 is 14.6 Å². The van der Waals surface area contributed by atoms with E-state index in [-0.39, 0.29) is 29.8 Å². The van der Waals surface area contributed by atoms with Crippen LogP contribution < -0.4 is 5.19 Å².